The third-order valence-corrected chi connectivity index (χ3v) is 7.83. The third kappa shape index (κ3) is 4.88. The number of aromatic nitrogens is 2. The van der Waals surface area contributed by atoms with Crippen LogP contribution in [0.2, 0.25) is 0 Å². The molecule has 1 unspecified atom stereocenters. The molecule has 10 heteroatoms. The van der Waals surface area contributed by atoms with Crippen LogP contribution in [-0.4, -0.2) is 61.1 Å². The number of para-hydroxylation sites is 1. The summed E-state index contributed by atoms with van der Waals surface area (Å²) in [5.74, 6) is 0.396. The summed E-state index contributed by atoms with van der Waals surface area (Å²) in [6.45, 7) is 4.61. The molecule has 1 saturated heterocycles. The maximum Gasteiger partial charge on any atom is 0.263 e. The number of aliphatic imine (C=N–C) groups is 1. The van der Waals surface area contributed by atoms with Gasteiger partial charge in [0.15, 0.2) is 0 Å². The van der Waals surface area contributed by atoms with Gasteiger partial charge in [0, 0.05) is 59.0 Å². The van der Waals surface area contributed by atoms with Crippen LogP contribution in [0.1, 0.15) is 27.7 Å². The first-order valence-electron chi connectivity index (χ1n) is 11.5. The van der Waals surface area contributed by atoms with Crippen molar-refractivity contribution in [2.75, 3.05) is 35.8 Å². The summed E-state index contributed by atoms with van der Waals surface area (Å²) in [6, 6.07) is 16.2. The molecular weight excluding hydrogens is 464 g/mol. The Hall–Kier alpha value is -3.79. The fourth-order valence-corrected chi connectivity index (χ4v) is 5.54. The van der Waals surface area contributed by atoms with Gasteiger partial charge >= 0.3 is 0 Å². The lowest BCUT2D eigenvalue weighted by atomic mass is 9.92. The van der Waals surface area contributed by atoms with Crippen LogP contribution < -0.4 is 9.62 Å². The minimum absolute atomic E-state index is 0. The van der Waals surface area contributed by atoms with Crippen LogP contribution in [0.4, 0.5) is 17.2 Å². The molecule has 1 atom stereocenters. The fraction of sp³-hybridized carbons (Fsp3) is 0.280. The molecule has 9 nitrogen and oxygen atoms in total. The van der Waals surface area contributed by atoms with E-state index in [1.165, 1.54) is 18.6 Å². The molecule has 3 aromatic rings. The lowest BCUT2D eigenvalue weighted by Crippen LogP contribution is -2.49. The highest BCUT2D eigenvalue weighted by molar-refractivity contribution is 7.92. The van der Waals surface area contributed by atoms with Crippen LogP contribution >= 0.6 is 0 Å². The number of sulfonamides is 1. The van der Waals surface area contributed by atoms with E-state index in [0.717, 1.165) is 22.6 Å². The van der Waals surface area contributed by atoms with Crippen LogP contribution in [0.5, 0.6) is 0 Å². The molecule has 35 heavy (non-hydrogen) atoms. The van der Waals surface area contributed by atoms with E-state index in [1.54, 1.807) is 24.3 Å². The predicted molar refractivity (Wildman–Crippen MR) is 139 cm³/mol. The van der Waals surface area contributed by atoms with Gasteiger partial charge in [0.05, 0.1) is 10.6 Å². The average Bonchev–Trinajstić information content (AvgIpc) is 3.19. The topological polar surface area (TPSA) is 108 Å². The van der Waals surface area contributed by atoms with E-state index < -0.39 is 10.0 Å². The molecule has 0 radical (unpaired) electrons. The molecule has 2 aliphatic rings. The monoisotopic (exact) mass is 494 g/mol. The Morgan fingerprint density at radius 3 is 2.51 bits per heavy atom. The molecule has 0 aliphatic carbocycles. The summed E-state index contributed by atoms with van der Waals surface area (Å²) in [7, 11) is -3.74. The molecule has 1 fully saturated rings. The van der Waals surface area contributed by atoms with Gasteiger partial charge in [0.25, 0.3) is 10.0 Å². The summed E-state index contributed by atoms with van der Waals surface area (Å²) < 4.78 is 27.7. The normalized spacial score (nSPS) is 17.6. The molecule has 0 saturated carbocycles. The third-order valence-electron chi connectivity index (χ3n) is 6.46. The molecule has 184 valence electrons. The first-order chi connectivity index (χ1) is 16.9. The number of piperazine rings is 1. The number of hydrogen-bond acceptors (Lipinski definition) is 7. The van der Waals surface area contributed by atoms with Gasteiger partial charge in [-0.1, -0.05) is 18.2 Å². The summed E-state index contributed by atoms with van der Waals surface area (Å²) in [4.78, 5) is 29.6. The molecule has 0 bridgehead atoms. The van der Waals surface area contributed by atoms with E-state index in [0.29, 0.717) is 32.6 Å². The van der Waals surface area contributed by atoms with Crippen molar-refractivity contribution < 1.29 is 16.1 Å². The number of nitrogens with one attached hydrogen (secondary N) is 1. The molecular formula is C25H30N6O3S. The number of fused-ring (bicyclic) bond motifs is 1. The molecule has 1 aromatic heterocycles. The number of benzene rings is 2. The number of amides is 1. The van der Waals surface area contributed by atoms with Crippen molar-refractivity contribution in [3.63, 3.8) is 0 Å². The van der Waals surface area contributed by atoms with Gasteiger partial charge in [-0.05, 0) is 48.9 Å². The van der Waals surface area contributed by atoms with Gasteiger partial charge in [0.1, 0.15) is 12.1 Å². The van der Waals surface area contributed by atoms with Crippen molar-refractivity contribution in [3.05, 3.63) is 72.7 Å². The van der Waals surface area contributed by atoms with E-state index in [2.05, 4.69) is 30.6 Å². The molecule has 0 spiro atoms. The second-order valence-corrected chi connectivity index (χ2v) is 10.3. The number of rotatable bonds is 6. The summed E-state index contributed by atoms with van der Waals surface area (Å²) in [6.07, 6.45) is 3.19. The van der Waals surface area contributed by atoms with Gasteiger partial charge < -0.3 is 9.80 Å². The molecule has 1 amide bonds. The van der Waals surface area contributed by atoms with Crippen LogP contribution in [0.25, 0.3) is 0 Å². The summed E-state index contributed by atoms with van der Waals surface area (Å²) in [5, 5.41) is 0. The highest BCUT2D eigenvalue weighted by Crippen LogP contribution is 2.37. The van der Waals surface area contributed by atoms with Gasteiger partial charge in [-0.25, -0.2) is 18.4 Å². The van der Waals surface area contributed by atoms with E-state index in [9.17, 15) is 13.2 Å². The minimum atomic E-state index is -3.74. The van der Waals surface area contributed by atoms with Crippen LogP contribution in [0.15, 0.2) is 77.0 Å². The number of carbonyl (C=O) groups is 1. The highest BCUT2D eigenvalue weighted by atomic mass is 32.2. The van der Waals surface area contributed by atoms with Crippen molar-refractivity contribution in [1.82, 2.24) is 14.9 Å². The largest absolute Gasteiger partial charge is 0.368 e. The zero-order valence-electron chi connectivity index (χ0n) is 19.3. The van der Waals surface area contributed by atoms with Crippen molar-refractivity contribution in [2.24, 2.45) is 4.99 Å². The SMILES string of the molecule is CC1=Nc2ccccc2C1CC(=O)N1CCN(c2ccc(S(=O)(=O)Nc3ccncn3)cc2)CC1.[HH].[HH]. The van der Waals surface area contributed by atoms with Gasteiger partial charge in [-0.2, -0.15) is 0 Å². The molecule has 5 rings (SSSR count). The van der Waals surface area contributed by atoms with E-state index >= 15 is 0 Å². The quantitative estimate of drug-likeness (QED) is 0.560. The van der Waals surface area contributed by atoms with Crippen molar-refractivity contribution in [1.29, 1.82) is 0 Å². The second-order valence-electron chi connectivity index (χ2n) is 8.63. The Balaban J connectivity index is 0.00000190. The zero-order valence-corrected chi connectivity index (χ0v) is 20.1. The molecule has 3 heterocycles. The van der Waals surface area contributed by atoms with E-state index in [1.807, 2.05) is 30.0 Å². The molecule has 2 aromatic carbocycles. The summed E-state index contributed by atoms with van der Waals surface area (Å²) >= 11 is 0. The Bertz CT molecular complexity index is 1360. The summed E-state index contributed by atoms with van der Waals surface area (Å²) in [5.41, 5.74) is 4.00. The number of anilines is 2. The first-order valence-corrected chi connectivity index (χ1v) is 12.9. The average molecular weight is 495 g/mol. The Morgan fingerprint density at radius 1 is 1.06 bits per heavy atom. The Kier molecular flexibility index (Phi) is 6.21. The van der Waals surface area contributed by atoms with Crippen molar-refractivity contribution in [2.45, 2.75) is 24.2 Å². The number of nitrogens with zero attached hydrogens (tertiary/aromatic N) is 5. The number of carbonyl (C=O) groups excluding carboxylic acids is 1. The second kappa shape index (κ2) is 9.46. The highest BCUT2D eigenvalue weighted by Gasteiger charge is 2.29. The molecule has 1 N–H and O–H groups in total. The van der Waals surface area contributed by atoms with Gasteiger partial charge in [0.2, 0.25) is 5.91 Å². The number of hydrogen-bond donors (Lipinski definition) is 1. The molecule has 2 aliphatic heterocycles. The van der Waals surface area contributed by atoms with Gasteiger partial charge in [-0.15, -0.1) is 0 Å². The lowest BCUT2D eigenvalue weighted by Gasteiger charge is -2.36. The zero-order chi connectivity index (χ0) is 24.4. The first kappa shape index (κ1) is 23.0. The lowest BCUT2D eigenvalue weighted by molar-refractivity contribution is -0.131. The smallest absolute Gasteiger partial charge is 0.263 e. The van der Waals surface area contributed by atoms with E-state index in [4.69, 9.17) is 0 Å². The maximum atomic E-state index is 13.0. The van der Waals surface area contributed by atoms with Crippen molar-refractivity contribution in [3.8, 4) is 0 Å². The minimum Gasteiger partial charge on any atom is -0.368 e. The Morgan fingerprint density at radius 2 is 1.80 bits per heavy atom. The predicted octanol–water partition coefficient (Wildman–Crippen LogP) is 3.70. The van der Waals surface area contributed by atoms with Gasteiger partial charge in [-0.3, -0.25) is 14.5 Å². The standard InChI is InChI=1S/C25H26N6O3S.2H2/c1-18-22(21-4-2-3-5-23(21)28-18)16-25(32)31-14-12-30(13-15-31)19-6-8-20(9-7-19)35(33,34)29-24-10-11-26-17-27-24;;/h2-11,17,22H,12-16H2,1H3,(H,26,27,29);2*1H. The maximum absolute atomic E-state index is 13.0. The van der Waals surface area contributed by atoms with Crippen LogP contribution in [0, 0.1) is 0 Å². The van der Waals surface area contributed by atoms with Crippen LogP contribution in [0.3, 0.4) is 0 Å². The Labute approximate surface area is 207 Å². The van der Waals surface area contributed by atoms with Crippen LogP contribution in [-0.2, 0) is 14.8 Å². The fourth-order valence-electron chi connectivity index (χ4n) is 4.54. The van der Waals surface area contributed by atoms with E-state index in [-0.39, 0.29) is 25.4 Å². The van der Waals surface area contributed by atoms with Crippen molar-refractivity contribution >= 4 is 38.8 Å².